The standard InChI is InChI=1S/C21H29N4O6P/c1-29-10-11-31-21-23-19(22)17-13-18(26)25(20(17)24-21)14-15-5-7-16(8-6-15)30-9-3-4-12-32(2,27)28/h5-8H,3-4,9-14H2,1-2H3,(H,27,28)(H2,22,23,24). The minimum atomic E-state index is -2.96. The van der Waals surface area contributed by atoms with Crippen LogP contribution in [0.15, 0.2) is 24.3 Å². The maximum absolute atomic E-state index is 12.6. The first-order valence-corrected chi connectivity index (χ1v) is 12.7. The summed E-state index contributed by atoms with van der Waals surface area (Å²) < 4.78 is 27.4. The van der Waals surface area contributed by atoms with Gasteiger partial charge in [-0.2, -0.15) is 9.97 Å². The van der Waals surface area contributed by atoms with Crippen LogP contribution in [0.2, 0.25) is 0 Å². The predicted octanol–water partition coefficient (Wildman–Crippen LogP) is 2.23. The van der Waals surface area contributed by atoms with Gasteiger partial charge in [0.15, 0.2) is 7.37 Å². The van der Waals surface area contributed by atoms with Crippen LogP contribution in [0.4, 0.5) is 11.6 Å². The van der Waals surface area contributed by atoms with Crippen LogP contribution in [-0.4, -0.2) is 60.5 Å². The molecule has 0 radical (unpaired) electrons. The van der Waals surface area contributed by atoms with Crippen LogP contribution in [-0.2, 0) is 27.1 Å². The summed E-state index contributed by atoms with van der Waals surface area (Å²) in [7, 11) is -1.39. The zero-order chi connectivity index (χ0) is 23.1. The van der Waals surface area contributed by atoms with Crippen LogP contribution in [0.25, 0.3) is 0 Å². The summed E-state index contributed by atoms with van der Waals surface area (Å²) in [4.78, 5) is 32.0. The Bertz CT molecular complexity index is 979. The Labute approximate surface area is 187 Å². The number of nitrogens with two attached hydrogens (primary N) is 1. The van der Waals surface area contributed by atoms with Gasteiger partial charge in [0, 0.05) is 25.5 Å². The van der Waals surface area contributed by atoms with E-state index < -0.39 is 7.37 Å². The maximum atomic E-state index is 12.6. The first kappa shape index (κ1) is 24.0. The van der Waals surface area contributed by atoms with E-state index in [9.17, 15) is 14.3 Å². The van der Waals surface area contributed by atoms with Crippen molar-refractivity contribution in [1.29, 1.82) is 0 Å². The minimum Gasteiger partial charge on any atom is -0.494 e. The number of unbranched alkanes of at least 4 members (excludes halogenated alkanes) is 1. The second-order valence-electron chi connectivity index (χ2n) is 7.67. The highest BCUT2D eigenvalue weighted by Crippen LogP contribution is 2.36. The fraction of sp³-hybridized carbons (Fsp3) is 0.476. The molecule has 0 saturated heterocycles. The fourth-order valence-electron chi connectivity index (χ4n) is 3.24. The number of hydrogen-bond acceptors (Lipinski definition) is 8. The third kappa shape index (κ3) is 6.66. The van der Waals surface area contributed by atoms with Gasteiger partial charge in [-0.15, -0.1) is 0 Å². The molecule has 1 unspecified atom stereocenters. The van der Waals surface area contributed by atoms with E-state index in [2.05, 4.69) is 9.97 Å². The molecule has 2 heterocycles. The van der Waals surface area contributed by atoms with E-state index in [0.717, 1.165) is 5.56 Å². The molecular formula is C21H29N4O6P. The molecule has 3 rings (SSSR count). The third-order valence-corrected chi connectivity index (χ3v) is 6.05. The number of nitrogens with zero attached hydrogens (tertiary/aromatic N) is 3. The minimum absolute atomic E-state index is 0.104. The first-order valence-electron chi connectivity index (χ1n) is 10.4. The lowest BCUT2D eigenvalue weighted by atomic mass is 10.2. The highest BCUT2D eigenvalue weighted by molar-refractivity contribution is 7.57. The lowest BCUT2D eigenvalue weighted by molar-refractivity contribution is -0.117. The summed E-state index contributed by atoms with van der Waals surface area (Å²) in [6.45, 7) is 2.84. The van der Waals surface area contributed by atoms with Crippen LogP contribution in [0.5, 0.6) is 11.8 Å². The number of carbonyl (C=O) groups excluding carboxylic acids is 1. The van der Waals surface area contributed by atoms with E-state index in [-0.39, 0.29) is 30.8 Å². The topological polar surface area (TPSA) is 137 Å². The number of aromatic nitrogens is 2. The molecule has 3 N–H and O–H groups in total. The average molecular weight is 464 g/mol. The predicted molar refractivity (Wildman–Crippen MR) is 120 cm³/mol. The van der Waals surface area contributed by atoms with Gasteiger partial charge in [0.2, 0.25) is 5.91 Å². The first-order chi connectivity index (χ1) is 15.3. The summed E-state index contributed by atoms with van der Waals surface area (Å²) in [5.74, 6) is 1.30. The molecular weight excluding hydrogens is 435 g/mol. The number of fused-ring (bicyclic) bond motifs is 1. The average Bonchev–Trinajstić information content (AvgIpc) is 3.04. The molecule has 1 aliphatic rings. The van der Waals surface area contributed by atoms with Crippen molar-refractivity contribution in [2.45, 2.75) is 25.8 Å². The largest absolute Gasteiger partial charge is 0.494 e. The van der Waals surface area contributed by atoms with E-state index in [1.807, 2.05) is 24.3 Å². The SMILES string of the molecule is COCCOc1nc(N)c2c(n1)N(Cc1ccc(OCCCCP(C)(=O)O)cc1)C(=O)C2. The van der Waals surface area contributed by atoms with Gasteiger partial charge in [0.05, 0.1) is 26.2 Å². The van der Waals surface area contributed by atoms with Crippen molar-refractivity contribution in [2.75, 3.05) is 50.4 Å². The zero-order valence-corrected chi connectivity index (χ0v) is 19.2. The number of rotatable bonds is 12. The number of benzene rings is 1. The summed E-state index contributed by atoms with van der Waals surface area (Å²) in [6.07, 6.45) is 1.79. The molecule has 1 aromatic carbocycles. The highest BCUT2D eigenvalue weighted by Gasteiger charge is 2.32. The number of hydrogen-bond donors (Lipinski definition) is 2. The molecule has 1 aromatic heterocycles. The Morgan fingerprint density at radius 1 is 1.12 bits per heavy atom. The van der Waals surface area contributed by atoms with Crippen molar-refractivity contribution >= 4 is 24.9 Å². The number of amides is 1. The molecule has 0 bridgehead atoms. The van der Waals surface area contributed by atoms with Crippen LogP contribution >= 0.6 is 7.37 Å². The molecule has 1 amide bonds. The van der Waals surface area contributed by atoms with Gasteiger partial charge in [-0.05, 0) is 30.5 Å². The number of anilines is 2. The van der Waals surface area contributed by atoms with Gasteiger partial charge in [-0.25, -0.2) is 0 Å². The molecule has 2 aromatic rings. The normalized spacial score (nSPS) is 14.8. The molecule has 0 spiro atoms. The van der Waals surface area contributed by atoms with E-state index in [1.54, 1.807) is 12.0 Å². The Morgan fingerprint density at radius 2 is 1.88 bits per heavy atom. The smallest absolute Gasteiger partial charge is 0.320 e. The Morgan fingerprint density at radius 3 is 2.56 bits per heavy atom. The van der Waals surface area contributed by atoms with Crippen molar-refractivity contribution in [1.82, 2.24) is 9.97 Å². The van der Waals surface area contributed by atoms with Crippen LogP contribution < -0.4 is 20.1 Å². The lowest BCUT2D eigenvalue weighted by Gasteiger charge is -2.17. The van der Waals surface area contributed by atoms with E-state index in [4.69, 9.17) is 19.9 Å². The van der Waals surface area contributed by atoms with Crippen molar-refractivity contribution in [3.8, 4) is 11.8 Å². The summed E-state index contributed by atoms with van der Waals surface area (Å²) in [5, 5.41) is 0. The molecule has 11 heteroatoms. The Hall–Kier alpha value is -2.68. The second-order valence-corrected chi connectivity index (χ2v) is 10.2. The number of methoxy groups -OCH3 is 1. The number of ether oxygens (including phenoxy) is 3. The molecule has 32 heavy (non-hydrogen) atoms. The zero-order valence-electron chi connectivity index (χ0n) is 18.3. The van der Waals surface area contributed by atoms with Gasteiger partial charge < -0.3 is 24.8 Å². The van der Waals surface area contributed by atoms with E-state index in [0.29, 0.717) is 55.9 Å². The van der Waals surface area contributed by atoms with Gasteiger partial charge in [0.1, 0.15) is 24.0 Å². The fourth-order valence-corrected chi connectivity index (χ4v) is 4.05. The van der Waals surface area contributed by atoms with Crippen LogP contribution in [0.1, 0.15) is 24.0 Å². The number of carbonyl (C=O) groups is 1. The quantitative estimate of drug-likeness (QED) is 0.358. The summed E-state index contributed by atoms with van der Waals surface area (Å²) >= 11 is 0. The van der Waals surface area contributed by atoms with E-state index in [1.165, 1.54) is 6.66 Å². The van der Waals surface area contributed by atoms with Gasteiger partial charge >= 0.3 is 6.01 Å². The van der Waals surface area contributed by atoms with Crippen molar-refractivity contribution < 1.29 is 28.5 Å². The molecule has 10 nitrogen and oxygen atoms in total. The monoisotopic (exact) mass is 464 g/mol. The van der Waals surface area contributed by atoms with Crippen LogP contribution in [0, 0.1) is 0 Å². The van der Waals surface area contributed by atoms with Gasteiger partial charge in [0.25, 0.3) is 0 Å². The molecule has 0 fully saturated rings. The van der Waals surface area contributed by atoms with Crippen molar-refractivity contribution in [3.63, 3.8) is 0 Å². The van der Waals surface area contributed by atoms with Gasteiger partial charge in [-0.1, -0.05) is 12.1 Å². The van der Waals surface area contributed by atoms with Crippen LogP contribution in [0.3, 0.4) is 0 Å². The second kappa shape index (κ2) is 10.8. The molecule has 174 valence electrons. The summed E-state index contributed by atoms with van der Waals surface area (Å²) in [6, 6.07) is 7.55. The molecule has 0 saturated carbocycles. The highest BCUT2D eigenvalue weighted by atomic mass is 31.2. The Balaban J connectivity index is 1.59. The molecule has 1 atom stereocenters. The number of nitrogen functional groups attached to an aromatic ring is 1. The van der Waals surface area contributed by atoms with Gasteiger partial charge in [-0.3, -0.25) is 14.3 Å². The third-order valence-electron chi connectivity index (χ3n) is 4.90. The van der Waals surface area contributed by atoms with E-state index >= 15 is 0 Å². The molecule has 1 aliphatic heterocycles. The maximum Gasteiger partial charge on any atom is 0.320 e. The Kier molecular flexibility index (Phi) is 8.06. The lowest BCUT2D eigenvalue weighted by Crippen LogP contribution is -2.26. The summed E-state index contributed by atoms with van der Waals surface area (Å²) in [5.41, 5.74) is 7.53. The van der Waals surface area contributed by atoms with Crippen molar-refractivity contribution in [2.24, 2.45) is 0 Å². The van der Waals surface area contributed by atoms with Crippen molar-refractivity contribution in [3.05, 3.63) is 35.4 Å². The molecule has 0 aliphatic carbocycles.